The van der Waals surface area contributed by atoms with Gasteiger partial charge in [-0.1, -0.05) is 18.2 Å². The van der Waals surface area contributed by atoms with Gasteiger partial charge in [0.05, 0.1) is 6.54 Å². The van der Waals surface area contributed by atoms with Gasteiger partial charge in [0.2, 0.25) is 5.91 Å². The van der Waals surface area contributed by atoms with Crippen molar-refractivity contribution in [3.05, 3.63) is 47.3 Å². The summed E-state index contributed by atoms with van der Waals surface area (Å²) in [7, 11) is -3.66. The number of cyclic esters (lactones) is 1. The molecule has 2 fully saturated rings. The van der Waals surface area contributed by atoms with Gasteiger partial charge in [-0.25, -0.2) is 13.2 Å². The maximum Gasteiger partial charge on any atom is 0.414 e. The molecule has 1 aromatic heterocycles. The number of nitrogens with zero attached hydrogens (tertiary/aromatic N) is 2. The van der Waals surface area contributed by atoms with Crippen molar-refractivity contribution >= 4 is 39.0 Å². The molecule has 154 valence electrons. The Balaban J connectivity index is 1.43. The van der Waals surface area contributed by atoms with Crippen molar-refractivity contribution in [1.82, 2.24) is 9.62 Å². The van der Waals surface area contributed by atoms with Crippen LogP contribution in [0, 0.1) is 0 Å². The topological polar surface area (TPSA) is 96.0 Å². The van der Waals surface area contributed by atoms with Crippen LogP contribution in [0.1, 0.15) is 18.4 Å². The highest BCUT2D eigenvalue weighted by Gasteiger charge is 2.39. The molecule has 0 spiro atoms. The zero-order valence-electron chi connectivity index (χ0n) is 15.6. The van der Waals surface area contributed by atoms with Crippen LogP contribution < -0.4 is 10.2 Å². The number of nitrogens with one attached hydrogen (secondary N) is 1. The Hall–Kier alpha value is -2.43. The Morgan fingerprint density at radius 1 is 1.24 bits per heavy atom. The normalized spacial score (nSPS) is 20.1. The van der Waals surface area contributed by atoms with Crippen molar-refractivity contribution in [3.63, 3.8) is 0 Å². The predicted molar refractivity (Wildman–Crippen MR) is 108 cm³/mol. The second-order valence-corrected chi connectivity index (χ2v) is 9.92. The first-order valence-corrected chi connectivity index (χ1v) is 11.6. The van der Waals surface area contributed by atoms with Crippen LogP contribution in [0.2, 0.25) is 0 Å². The van der Waals surface area contributed by atoms with Gasteiger partial charge >= 0.3 is 6.09 Å². The van der Waals surface area contributed by atoms with Gasteiger partial charge in [-0.15, -0.1) is 11.3 Å². The van der Waals surface area contributed by atoms with Crippen LogP contribution in [0.3, 0.4) is 0 Å². The van der Waals surface area contributed by atoms with Gasteiger partial charge in [0.1, 0.15) is 16.9 Å². The summed E-state index contributed by atoms with van der Waals surface area (Å²) < 4.78 is 32.1. The molecule has 0 radical (unpaired) electrons. The molecule has 2 aliphatic rings. The van der Waals surface area contributed by atoms with Gasteiger partial charge < -0.3 is 10.1 Å². The average Bonchev–Trinajstić information content (AvgIpc) is 3.47. The van der Waals surface area contributed by atoms with Crippen LogP contribution in [-0.2, 0) is 26.1 Å². The van der Waals surface area contributed by atoms with Crippen LogP contribution in [0.4, 0.5) is 10.5 Å². The fourth-order valence-corrected chi connectivity index (χ4v) is 6.36. The van der Waals surface area contributed by atoms with Gasteiger partial charge in [-0.3, -0.25) is 9.69 Å². The second-order valence-electron chi connectivity index (χ2n) is 6.86. The van der Waals surface area contributed by atoms with Crippen molar-refractivity contribution in [3.8, 4) is 0 Å². The minimum Gasteiger partial charge on any atom is -0.447 e. The number of amides is 2. The number of benzene rings is 1. The third-order valence-corrected chi connectivity index (χ3v) is 8.30. The van der Waals surface area contributed by atoms with Crippen LogP contribution in [0.25, 0.3) is 0 Å². The number of thiophene rings is 1. The molecule has 3 heterocycles. The van der Waals surface area contributed by atoms with Gasteiger partial charge in [0, 0.05) is 18.8 Å². The predicted octanol–water partition coefficient (Wildman–Crippen LogP) is 2.17. The van der Waals surface area contributed by atoms with Crippen LogP contribution in [0.5, 0.6) is 0 Å². The van der Waals surface area contributed by atoms with E-state index in [9.17, 15) is 18.0 Å². The number of anilines is 1. The van der Waals surface area contributed by atoms with E-state index in [1.165, 1.54) is 9.21 Å². The average molecular weight is 436 g/mol. The number of carbonyl (C=O) groups is 2. The third kappa shape index (κ3) is 4.00. The summed E-state index contributed by atoms with van der Waals surface area (Å²) in [5, 5.41) is 4.55. The molecule has 8 nitrogen and oxygen atoms in total. The Kier molecular flexibility index (Phi) is 5.57. The van der Waals surface area contributed by atoms with Gasteiger partial charge in [-0.05, 0) is 42.0 Å². The molecule has 1 aromatic carbocycles. The van der Waals surface area contributed by atoms with Crippen LogP contribution in [-0.4, -0.2) is 50.5 Å². The smallest absolute Gasteiger partial charge is 0.414 e. The maximum atomic E-state index is 12.8. The van der Waals surface area contributed by atoms with Crippen LogP contribution in [0.15, 0.2) is 46.0 Å². The van der Waals surface area contributed by atoms with Crippen LogP contribution >= 0.6 is 11.3 Å². The lowest BCUT2D eigenvalue weighted by Gasteiger charge is -2.22. The molecule has 2 aliphatic heterocycles. The standard InChI is InChI=1S/C19H21N3O5S2/c23-18(16-6-2-8-22(16)29(25,26)17-7-3-11-28-17)20-13-14-4-1-5-15(12-14)21-9-10-27-19(21)24/h1,3-5,7,11-12,16H,2,6,8-10,13H2,(H,20,23)/t16-/m1/s1. The van der Waals surface area contributed by atoms with E-state index in [1.54, 1.807) is 17.5 Å². The van der Waals surface area contributed by atoms with Crippen molar-refractivity contribution < 1.29 is 22.7 Å². The highest BCUT2D eigenvalue weighted by atomic mass is 32.2. The zero-order valence-corrected chi connectivity index (χ0v) is 17.2. The van der Waals surface area contributed by atoms with E-state index in [4.69, 9.17) is 4.74 Å². The summed E-state index contributed by atoms with van der Waals surface area (Å²) in [5.74, 6) is -0.311. The number of hydrogen-bond donors (Lipinski definition) is 1. The largest absolute Gasteiger partial charge is 0.447 e. The summed E-state index contributed by atoms with van der Waals surface area (Å²) in [6, 6.07) is 9.82. The van der Waals surface area contributed by atoms with E-state index in [2.05, 4.69) is 5.32 Å². The molecule has 0 aliphatic carbocycles. The Morgan fingerprint density at radius 2 is 2.10 bits per heavy atom. The van der Waals surface area contributed by atoms with Gasteiger partial charge in [-0.2, -0.15) is 4.31 Å². The summed E-state index contributed by atoms with van der Waals surface area (Å²) >= 11 is 1.15. The van der Waals surface area contributed by atoms with Gasteiger partial charge in [0.15, 0.2) is 0 Å². The number of rotatable bonds is 6. The lowest BCUT2D eigenvalue weighted by molar-refractivity contribution is -0.124. The second kappa shape index (κ2) is 8.13. The molecule has 0 bridgehead atoms. The summed E-state index contributed by atoms with van der Waals surface area (Å²) in [4.78, 5) is 26.0. The van der Waals surface area contributed by atoms with Crippen molar-refractivity contribution in [2.24, 2.45) is 0 Å². The highest BCUT2D eigenvalue weighted by Crippen LogP contribution is 2.28. The molecule has 10 heteroatoms. The first-order valence-electron chi connectivity index (χ1n) is 9.33. The molecule has 2 saturated heterocycles. The first kappa shape index (κ1) is 19.9. The lowest BCUT2D eigenvalue weighted by atomic mass is 10.1. The molecular formula is C19H21N3O5S2. The molecule has 29 heavy (non-hydrogen) atoms. The number of sulfonamides is 1. The molecule has 1 N–H and O–H groups in total. The lowest BCUT2D eigenvalue weighted by Crippen LogP contribution is -2.45. The Labute approximate surface area is 173 Å². The molecule has 4 rings (SSSR count). The zero-order chi connectivity index (χ0) is 20.4. The van der Waals surface area contributed by atoms with E-state index >= 15 is 0 Å². The number of carbonyl (C=O) groups excluding carboxylic acids is 2. The quantitative estimate of drug-likeness (QED) is 0.750. The monoisotopic (exact) mass is 435 g/mol. The van der Waals surface area contributed by atoms with Crippen molar-refractivity contribution in [2.45, 2.75) is 29.6 Å². The maximum absolute atomic E-state index is 12.8. The fraction of sp³-hybridized carbons (Fsp3) is 0.368. The van der Waals surface area contributed by atoms with E-state index in [0.717, 1.165) is 16.9 Å². The number of hydrogen-bond acceptors (Lipinski definition) is 6. The molecule has 0 saturated carbocycles. The third-order valence-electron chi connectivity index (χ3n) is 5.01. The van der Waals surface area contributed by atoms with E-state index in [-0.39, 0.29) is 22.8 Å². The van der Waals surface area contributed by atoms with Crippen molar-refractivity contribution in [2.75, 3.05) is 24.6 Å². The molecule has 0 unspecified atom stereocenters. The fourth-order valence-electron chi connectivity index (χ4n) is 3.58. The Bertz CT molecular complexity index is 1010. The van der Waals surface area contributed by atoms with Crippen molar-refractivity contribution in [1.29, 1.82) is 0 Å². The summed E-state index contributed by atoms with van der Waals surface area (Å²) in [5.41, 5.74) is 1.53. The molecule has 1 atom stereocenters. The molecule has 2 aromatic rings. The Morgan fingerprint density at radius 3 is 2.83 bits per heavy atom. The minimum atomic E-state index is -3.66. The first-order chi connectivity index (χ1) is 14.0. The van der Waals surface area contributed by atoms with Gasteiger partial charge in [0.25, 0.3) is 10.0 Å². The highest BCUT2D eigenvalue weighted by molar-refractivity contribution is 7.91. The summed E-state index contributed by atoms with van der Waals surface area (Å²) in [6.07, 6.45) is 0.761. The minimum absolute atomic E-state index is 0.249. The van der Waals surface area contributed by atoms with E-state index < -0.39 is 16.1 Å². The van der Waals surface area contributed by atoms with E-state index in [0.29, 0.717) is 38.2 Å². The number of ether oxygens (including phenoxy) is 1. The molecule has 2 amide bonds. The van der Waals surface area contributed by atoms with E-state index in [1.807, 2.05) is 24.3 Å². The molecular weight excluding hydrogens is 414 g/mol. The SMILES string of the molecule is O=C(NCc1cccc(N2CCOC2=O)c1)[C@H]1CCCN1S(=O)(=O)c1cccs1. The summed E-state index contributed by atoms with van der Waals surface area (Å²) in [6.45, 7) is 1.44.